The minimum Gasteiger partial charge on any atom is -0.359 e. The molecule has 0 aliphatic rings. The number of benzene rings is 1. The van der Waals surface area contributed by atoms with Gasteiger partial charge in [0.2, 0.25) is 0 Å². The molecule has 1 aromatic carbocycles. The Morgan fingerprint density at radius 1 is 1.38 bits per heavy atom. The molecule has 0 atom stereocenters. The molecule has 0 aliphatic heterocycles. The zero-order valence-electron chi connectivity index (χ0n) is 13.7. The van der Waals surface area contributed by atoms with Crippen molar-refractivity contribution in [3.05, 3.63) is 51.3 Å². The van der Waals surface area contributed by atoms with Crippen molar-refractivity contribution in [3.8, 4) is 0 Å². The molecule has 1 aromatic heterocycles. The average molecular weight is 384 g/mol. The maximum Gasteiger partial charge on any atom is 0.187 e. The third-order valence-corrected chi connectivity index (χ3v) is 4.14. The molecule has 128 valence electrons. The van der Waals surface area contributed by atoms with E-state index in [2.05, 4.69) is 20.9 Å². The van der Waals surface area contributed by atoms with Gasteiger partial charge in [-0.3, -0.25) is 5.43 Å². The normalized spacial score (nSPS) is 11.2. The first-order valence-electron chi connectivity index (χ1n) is 7.44. The maximum absolute atomic E-state index is 6.42. The van der Waals surface area contributed by atoms with Crippen molar-refractivity contribution in [1.82, 2.24) is 20.5 Å². The second-order valence-electron chi connectivity index (χ2n) is 5.54. The summed E-state index contributed by atoms with van der Waals surface area (Å²) in [6, 6.07) is 7.85. The molecule has 0 radical (unpaired) electrons. The van der Waals surface area contributed by atoms with E-state index in [1.807, 2.05) is 45.0 Å². The van der Waals surface area contributed by atoms with Crippen LogP contribution in [-0.4, -0.2) is 27.1 Å². The van der Waals surface area contributed by atoms with Crippen molar-refractivity contribution in [1.29, 1.82) is 0 Å². The summed E-state index contributed by atoms with van der Waals surface area (Å²) in [5, 5.41) is 13.2. The van der Waals surface area contributed by atoms with Gasteiger partial charge in [0.15, 0.2) is 5.11 Å². The minimum absolute atomic E-state index is 0.240. The van der Waals surface area contributed by atoms with E-state index in [4.69, 9.17) is 35.4 Å². The second-order valence-corrected chi connectivity index (χ2v) is 6.71. The number of rotatable bonds is 5. The van der Waals surface area contributed by atoms with Crippen molar-refractivity contribution in [3.63, 3.8) is 0 Å². The fourth-order valence-corrected chi connectivity index (χ4v) is 2.82. The summed E-state index contributed by atoms with van der Waals surface area (Å²) in [5.41, 5.74) is 5.23. The third-order valence-electron chi connectivity index (χ3n) is 3.17. The van der Waals surface area contributed by atoms with E-state index in [0.29, 0.717) is 21.8 Å². The van der Waals surface area contributed by atoms with Crippen LogP contribution in [-0.2, 0) is 6.54 Å². The largest absolute Gasteiger partial charge is 0.359 e. The lowest BCUT2D eigenvalue weighted by molar-refractivity contribution is 0.680. The Labute approximate surface area is 157 Å². The summed E-state index contributed by atoms with van der Waals surface area (Å²) in [6.45, 7) is 6.36. The van der Waals surface area contributed by atoms with E-state index < -0.39 is 0 Å². The first kappa shape index (κ1) is 18.7. The number of thiocarbonyl (C=S) groups is 1. The summed E-state index contributed by atoms with van der Waals surface area (Å²) in [5.74, 6) is 0. The summed E-state index contributed by atoms with van der Waals surface area (Å²) in [6.07, 6.45) is 1.61. The molecule has 0 amide bonds. The highest BCUT2D eigenvalue weighted by atomic mass is 35.5. The molecular weight excluding hydrogens is 365 g/mol. The standard InChI is InChI=1S/C16H19Cl2N5S/c1-10(2)20-16(24)21-19-8-13-11(3)22-23(15(13)18)9-12-6-4-5-7-14(12)17/h4-8,10H,9H2,1-3H3,(H2,20,21,24)/b19-8-. The number of halogens is 2. The number of nitrogens with zero attached hydrogens (tertiary/aromatic N) is 3. The van der Waals surface area contributed by atoms with Gasteiger partial charge >= 0.3 is 0 Å². The number of hydrazone groups is 1. The van der Waals surface area contributed by atoms with E-state index in [1.54, 1.807) is 10.9 Å². The van der Waals surface area contributed by atoms with E-state index in [0.717, 1.165) is 16.8 Å². The summed E-state index contributed by atoms with van der Waals surface area (Å²) >= 11 is 17.7. The van der Waals surface area contributed by atoms with Crippen LogP contribution in [0.2, 0.25) is 10.2 Å². The molecule has 1 heterocycles. The first-order chi connectivity index (χ1) is 11.4. The highest BCUT2D eigenvalue weighted by Gasteiger charge is 2.13. The van der Waals surface area contributed by atoms with Crippen molar-refractivity contribution in [2.45, 2.75) is 33.4 Å². The molecule has 2 aromatic rings. The fraction of sp³-hybridized carbons (Fsp3) is 0.312. The predicted octanol–water partition coefficient (Wildman–Crippen LogP) is 3.75. The highest BCUT2D eigenvalue weighted by Crippen LogP contribution is 2.22. The van der Waals surface area contributed by atoms with Gasteiger partial charge in [0, 0.05) is 11.1 Å². The van der Waals surface area contributed by atoms with Crippen molar-refractivity contribution in [2.24, 2.45) is 5.10 Å². The number of hydrogen-bond acceptors (Lipinski definition) is 3. The Morgan fingerprint density at radius 3 is 2.75 bits per heavy atom. The van der Waals surface area contributed by atoms with Gasteiger partial charge in [0.25, 0.3) is 0 Å². The van der Waals surface area contributed by atoms with Gasteiger partial charge in [-0.25, -0.2) is 4.68 Å². The van der Waals surface area contributed by atoms with Gasteiger partial charge in [-0.05, 0) is 44.6 Å². The van der Waals surface area contributed by atoms with Crippen molar-refractivity contribution in [2.75, 3.05) is 0 Å². The number of aromatic nitrogens is 2. The lowest BCUT2D eigenvalue weighted by Crippen LogP contribution is -2.36. The van der Waals surface area contributed by atoms with E-state index in [1.165, 1.54) is 0 Å². The fourth-order valence-electron chi connectivity index (χ4n) is 2.06. The smallest absolute Gasteiger partial charge is 0.187 e. The predicted molar refractivity (Wildman–Crippen MR) is 104 cm³/mol. The van der Waals surface area contributed by atoms with Crippen LogP contribution in [0.5, 0.6) is 0 Å². The molecule has 0 aliphatic carbocycles. The Balaban J connectivity index is 2.11. The highest BCUT2D eigenvalue weighted by molar-refractivity contribution is 7.80. The monoisotopic (exact) mass is 383 g/mol. The minimum atomic E-state index is 0.240. The quantitative estimate of drug-likeness (QED) is 0.468. The number of hydrogen-bond donors (Lipinski definition) is 2. The van der Waals surface area contributed by atoms with Gasteiger partial charge < -0.3 is 5.32 Å². The Bertz CT molecular complexity index is 755. The molecule has 0 bridgehead atoms. The molecule has 0 saturated heterocycles. The molecule has 0 saturated carbocycles. The van der Waals surface area contributed by atoms with Crippen molar-refractivity contribution >= 4 is 46.7 Å². The van der Waals surface area contributed by atoms with Crippen LogP contribution >= 0.6 is 35.4 Å². The Kier molecular flexibility index (Phi) is 6.60. The average Bonchev–Trinajstić information content (AvgIpc) is 2.76. The molecule has 0 spiro atoms. The van der Waals surface area contributed by atoms with Crippen LogP contribution in [0.15, 0.2) is 29.4 Å². The van der Waals surface area contributed by atoms with Gasteiger partial charge in [-0.15, -0.1) is 0 Å². The van der Waals surface area contributed by atoms with Gasteiger partial charge in [0.05, 0.1) is 24.0 Å². The SMILES string of the molecule is Cc1nn(Cc2ccccc2Cl)c(Cl)c1/C=N\NC(=S)NC(C)C. The number of aryl methyl sites for hydroxylation is 1. The molecule has 24 heavy (non-hydrogen) atoms. The first-order valence-corrected chi connectivity index (χ1v) is 8.60. The topological polar surface area (TPSA) is 54.2 Å². The van der Waals surface area contributed by atoms with Crippen LogP contribution < -0.4 is 10.7 Å². The van der Waals surface area contributed by atoms with Gasteiger partial charge in [-0.2, -0.15) is 10.2 Å². The summed E-state index contributed by atoms with van der Waals surface area (Å²) in [4.78, 5) is 0. The lowest BCUT2D eigenvalue weighted by atomic mass is 10.2. The molecular formula is C16H19Cl2N5S. The van der Waals surface area contributed by atoms with Crippen molar-refractivity contribution < 1.29 is 0 Å². The second kappa shape index (κ2) is 8.46. The maximum atomic E-state index is 6.42. The summed E-state index contributed by atoms with van der Waals surface area (Å²) in [7, 11) is 0. The molecule has 2 rings (SSSR count). The molecule has 0 fully saturated rings. The lowest BCUT2D eigenvalue weighted by Gasteiger charge is -2.09. The van der Waals surface area contributed by atoms with E-state index >= 15 is 0 Å². The van der Waals surface area contributed by atoms with Gasteiger partial charge in [0.1, 0.15) is 5.15 Å². The van der Waals surface area contributed by atoms with Crippen LogP contribution in [0.25, 0.3) is 0 Å². The Morgan fingerprint density at radius 2 is 2.08 bits per heavy atom. The van der Waals surface area contributed by atoms with Crippen LogP contribution in [0.3, 0.4) is 0 Å². The molecule has 8 heteroatoms. The Hall–Kier alpha value is -1.63. The molecule has 0 unspecified atom stereocenters. The van der Waals surface area contributed by atoms with Gasteiger partial charge in [-0.1, -0.05) is 41.4 Å². The zero-order valence-corrected chi connectivity index (χ0v) is 16.0. The van der Waals surface area contributed by atoms with E-state index in [-0.39, 0.29) is 6.04 Å². The van der Waals surface area contributed by atoms with Crippen LogP contribution in [0.1, 0.15) is 30.7 Å². The van der Waals surface area contributed by atoms with Crippen LogP contribution in [0.4, 0.5) is 0 Å². The molecule has 5 nitrogen and oxygen atoms in total. The number of nitrogens with one attached hydrogen (secondary N) is 2. The van der Waals surface area contributed by atoms with Crippen LogP contribution in [0, 0.1) is 6.92 Å². The third kappa shape index (κ3) is 4.93. The zero-order chi connectivity index (χ0) is 17.7. The van der Waals surface area contributed by atoms with E-state index in [9.17, 15) is 0 Å². The summed E-state index contributed by atoms with van der Waals surface area (Å²) < 4.78 is 1.70. The molecule has 2 N–H and O–H groups in total.